The van der Waals surface area contributed by atoms with Crippen LogP contribution in [-0.4, -0.2) is 62.8 Å². The van der Waals surface area contributed by atoms with Gasteiger partial charge in [0, 0.05) is 69.3 Å². The van der Waals surface area contributed by atoms with E-state index in [1.54, 1.807) is 66.4 Å². The Bertz CT molecular complexity index is 2670. The molecule has 6 aromatic carbocycles. The second-order valence-electron chi connectivity index (χ2n) is 14.3. The van der Waals surface area contributed by atoms with Crippen molar-refractivity contribution < 1.29 is 19.8 Å². The summed E-state index contributed by atoms with van der Waals surface area (Å²) in [5.74, 6) is -0.0714. The Balaban J connectivity index is 0.000000194. The number of halogens is 7. The molecule has 0 spiro atoms. The van der Waals surface area contributed by atoms with E-state index in [0.29, 0.717) is 44.4 Å². The van der Waals surface area contributed by atoms with Crippen LogP contribution in [0, 0.1) is 0 Å². The zero-order valence-electron chi connectivity index (χ0n) is 33.7. The first-order chi connectivity index (χ1) is 30.1. The molecular weight excluding hydrogens is 1080 g/mol. The molecule has 16 heteroatoms. The van der Waals surface area contributed by atoms with Gasteiger partial charge < -0.3 is 20.0 Å². The van der Waals surface area contributed by atoms with E-state index in [0.717, 1.165) is 50.3 Å². The molecular formula is C47H38BBr3Cl4N4O4. The molecule has 2 N–H and O–H groups in total. The number of aliphatic hydroxyl groups excluding tert-OH is 1. The quantitative estimate of drug-likeness (QED) is 0.155. The number of benzene rings is 6. The number of fused-ring (bicyclic) bond motifs is 2. The van der Waals surface area contributed by atoms with Crippen molar-refractivity contribution >= 4 is 131 Å². The summed E-state index contributed by atoms with van der Waals surface area (Å²) in [6.45, 7) is -0.0362. The van der Waals surface area contributed by atoms with Crippen LogP contribution in [0.3, 0.4) is 0 Å². The molecule has 0 bridgehead atoms. The van der Waals surface area contributed by atoms with E-state index in [-0.39, 0.29) is 27.4 Å². The van der Waals surface area contributed by atoms with E-state index in [1.165, 1.54) is 0 Å². The zero-order chi connectivity index (χ0) is 45.4. The van der Waals surface area contributed by atoms with Crippen molar-refractivity contribution in [3.63, 3.8) is 0 Å². The molecule has 0 radical (unpaired) electrons. The molecule has 8 rings (SSSR count). The van der Waals surface area contributed by atoms with Gasteiger partial charge in [-0.05, 0) is 89.5 Å². The first-order valence-electron chi connectivity index (χ1n) is 19.3. The summed E-state index contributed by atoms with van der Waals surface area (Å²) in [5, 5.41) is 21.4. The minimum atomic E-state index is -0.644. The number of carbonyl (C=O) groups is 2. The van der Waals surface area contributed by atoms with Gasteiger partial charge in [0.2, 0.25) is 0 Å². The minimum absolute atomic E-state index is 0.0362. The Labute approximate surface area is 411 Å². The number of amides is 2. The van der Waals surface area contributed by atoms with E-state index in [2.05, 4.69) is 47.3 Å². The van der Waals surface area contributed by atoms with Gasteiger partial charge in [-0.15, -0.1) is 47.3 Å². The van der Waals surface area contributed by atoms with Crippen molar-refractivity contribution in [3.8, 4) is 5.75 Å². The number of phenols is 1. The summed E-state index contributed by atoms with van der Waals surface area (Å²) < 4.78 is 0.271. The highest BCUT2D eigenvalue weighted by Crippen LogP contribution is 2.34. The van der Waals surface area contributed by atoms with Crippen LogP contribution in [-0.2, 0) is 29.0 Å². The summed E-state index contributed by atoms with van der Waals surface area (Å²) in [6.07, 6.45) is 0.773. The van der Waals surface area contributed by atoms with Crippen molar-refractivity contribution in [2.45, 2.75) is 31.5 Å². The van der Waals surface area contributed by atoms with Gasteiger partial charge in [0.15, 0.2) is 0 Å². The lowest BCUT2D eigenvalue weighted by Gasteiger charge is -2.21. The van der Waals surface area contributed by atoms with Gasteiger partial charge in [-0.3, -0.25) is 19.6 Å². The van der Waals surface area contributed by atoms with Crippen LogP contribution >= 0.6 is 93.7 Å². The molecule has 0 aromatic heterocycles. The Morgan fingerprint density at radius 1 is 0.587 bits per heavy atom. The molecule has 2 aliphatic rings. The van der Waals surface area contributed by atoms with Crippen LogP contribution in [0.15, 0.2) is 143 Å². The molecule has 2 atom stereocenters. The first kappa shape index (κ1) is 48.5. The maximum Gasteiger partial charge on any atom is 0.369 e. The van der Waals surface area contributed by atoms with Gasteiger partial charge in [0.25, 0.3) is 11.8 Å². The zero-order valence-corrected chi connectivity index (χ0v) is 41.5. The lowest BCUT2D eigenvalue weighted by molar-refractivity contribution is -0.120. The van der Waals surface area contributed by atoms with E-state index < -0.39 is 12.1 Å². The fraction of sp³-hybridized carbons (Fsp3) is 0.149. The molecule has 0 saturated carbocycles. The number of likely N-dealkylation sites (N-methyl/N-ethyl adjacent to an activating group) is 2. The van der Waals surface area contributed by atoms with Crippen LogP contribution in [0.25, 0.3) is 0 Å². The predicted octanol–water partition coefficient (Wildman–Crippen LogP) is 12.2. The molecule has 2 unspecified atom stereocenters. The summed E-state index contributed by atoms with van der Waals surface area (Å²) >= 11 is 34.5. The second-order valence-corrected chi connectivity index (χ2v) is 22.5. The van der Waals surface area contributed by atoms with Crippen molar-refractivity contribution in [1.82, 2.24) is 0 Å². The Hall–Kier alpha value is -3.98. The third-order valence-electron chi connectivity index (χ3n) is 10.2. The third-order valence-corrected chi connectivity index (χ3v) is 11.5. The van der Waals surface area contributed by atoms with E-state index in [1.807, 2.05) is 91.0 Å². The molecule has 2 heterocycles. The Morgan fingerprint density at radius 3 is 1.35 bits per heavy atom. The molecule has 2 aliphatic heterocycles. The van der Waals surface area contributed by atoms with Gasteiger partial charge >= 0.3 is 3.18 Å². The van der Waals surface area contributed by atoms with Gasteiger partial charge in [-0.25, -0.2) is 0 Å². The van der Waals surface area contributed by atoms with Crippen LogP contribution in [0.5, 0.6) is 5.75 Å². The second kappa shape index (κ2) is 22.3. The number of phenolic OH excluding ortho intramolecular Hbond substituents is 1. The fourth-order valence-electron chi connectivity index (χ4n) is 7.08. The van der Waals surface area contributed by atoms with E-state index in [9.17, 15) is 19.8 Å². The van der Waals surface area contributed by atoms with Crippen LogP contribution < -0.4 is 9.80 Å². The standard InChI is InChI=1S/C24H20Cl2N2O2.C23H18Cl2N2O2.BBr3/c1-28-22-11-10-18(25)13-19(22)23(16-8-6-15(14-29)7-9-16)27-21(24(28)30)12-17-4-2-3-5-20(17)26;1-27-21-11-8-16(24)13-18(21)22(14-6-9-17(28)10-7-14)26-20(23(27)29)12-15-4-2-3-5-19(15)25;2-1(3)4/h2-11,13,21,29H,12,14H2,1H3;2-11,13,20,28H,12H2,1H3;. The molecule has 6 aromatic rings. The predicted molar refractivity (Wildman–Crippen MR) is 272 cm³/mol. The third kappa shape index (κ3) is 12.2. The number of carbonyl (C=O) groups excluding carboxylic acids is 2. The van der Waals surface area contributed by atoms with E-state index >= 15 is 0 Å². The van der Waals surface area contributed by atoms with Crippen molar-refractivity contribution in [2.75, 3.05) is 23.9 Å². The normalized spacial score (nSPS) is 15.6. The van der Waals surface area contributed by atoms with Crippen LogP contribution in [0.2, 0.25) is 20.1 Å². The minimum Gasteiger partial charge on any atom is -0.508 e. The molecule has 63 heavy (non-hydrogen) atoms. The monoisotopic (exact) mass is 1110 g/mol. The molecule has 0 aliphatic carbocycles. The SMILES string of the molecule is BrB(Br)Br.CN1C(=O)C(Cc2ccccc2Cl)N=C(c2ccc(CO)cc2)c2cc(Cl)ccc21.CN1C(=O)C(Cc2ccccc2Cl)N=C(c2ccc(O)cc2)c2cc(Cl)ccc21. The highest BCUT2D eigenvalue weighted by Gasteiger charge is 2.32. The Kier molecular flexibility index (Phi) is 17.1. The molecule has 2 amide bonds. The maximum absolute atomic E-state index is 13.3. The summed E-state index contributed by atoms with van der Waals surface area (Å²) in [4.78, 5) is 39.5. The molecule has 0 fully saturated rings. The van der Waals surface area contributed by atoms with Crippen molar-refractivity contribution in [1.29, 1.82) is 0 Å². The number of anilines is 2. The summed E-state index contributed by atoms with van der Waals surface area (Å²) in [7, 11) is 3.49. The van der Waals surface area contributed by atoms with Gasteiger partial charge in [-0.2, -0.15) is 0 Å². The first-order valence-corrected chi connectivity index (χ1v) is 23.6. The highest BCUT2D eigenvalue weighted by molar-refractivity contribution is 9.69. The van der Waals surface area contributed by atoms with Gasteiger partial charge in [-0.1, -0.05) is 107 Å². The van der Waals surface area contributed by atoms with E-state index in [4.69, 9.17) is 56.4 Å². The number of nitrogens with zero attached hydrogens (tertiary/aromatic N) is 4. The maximum atomic E-state index is 13.3. The van der Waals surface area contributed by atoms with Gasteiger partial charge in [0.05, 0.1) is 29.4 Å². The fourth-order valence-corrected chi connectivity index (χ4v) is 7.85. The number of rotatable bonds is 7. The molecule has 8 nitrogen and oxygen atoms in total. The average molecular weight is 1120 g/mol. The molecule has 322 valence electrons. The lowest BCUT2D eigenvalue weighted by atomic mass is 9.99. The van der Waals surface area contributed by atoms with Crippen molar-refractivity contribution in [3.05, 3.63) is 192 Å². The molecule has 0 saturated heterocycles. The largest absolute Gasteiger partial charge is 0.508 e. The topological polar surface area (TPSA) is 106 Å². The van der Waals surface area contributed by atoms with Crippen LogP contribution in [0.1, 0.15) is 38.9 Å². The van der Waals surface area contributed by atoms with Crippen molar-refractivity contribution in [2.24, 2.45) is 9.98 Å². The number of benzodiazepines with no additional fused rings is 2. The lowest BCUT2D eigenvalue weighted by Crippen LogP contribution is -2.36. The number of aromatic hydroxyl groups is 1. The highest BCUT2D eigenvalue weighted by atomic mass is 79.9. The number of aliphatic imine (C=N–C) groups is 2. The number of hydrogen-bond donors (Lipinski definition) is 2. The van der Waals surface area contributed by atoms with Crippen LogP contribution in [0.4, 0.5) is 11.4 Å². The average Bonchev–Trinajstić information content (AvgIpc) is 3.43. The number of hydrogen-bond acceptors (Lipinski definition) is 6. The van der Waals surface area contributed by atoms with Gasteiger partial charge in [0.1, 0.15) is 17.8 Å². The number of aliphatic hydroxyl groups is 1. The summed E-state index contributed by atoms with van der Waals surface area (Å²) in [5.41, 5.74) is 8.54. The summed E-state index contributed by atoms with van der Waals surface area (Å²) in [6, 6.07) is 38.8. The smallest absolute Gasteiger partial charge is 0.369 e. The Morgan fingerprint density at radius 2 is 0.968 bits per heavy atom.